The molecule has 0 fully saturated rings. The van der Waals surface area contributed by atoms with Gasteiger partial charge in [0.05, 0.1) is 12.1 Å². The third-order valence-corrected chi connectivity index (χ3v) is 3.35. The number of nitrogens with zero attached hydrogens (tertiary/aromatic N) is 2. The number of rotatable bonds is 3. The van der Waals surface area contributed by atoms with Gasteiger partial charge in [-0.25, -0.2) is 4.98 Å². The van der Waals surface area contributed by atoms with Crippen LogP contribution in [-0.2, 0) is 11.2 Å². The second kappa shape index (κ2) is 4.69. The molecule has 0 aliphatic heterocycles. The average Bonchev–Trinajstić information content (AvgIpc) is 2.92. The minimum Gasteiger partial charge on any atom is -0.366 e. The fourth-order valence-corrected chi connectivity index (χ4v) is 2.45. The Hall–Kier alpha value is -2.41. The van der Waals surface area contributed by atoms with Crippen molar-refractivity contribution in [3.05, 3.63) is 52.2 Å². The lowest BCUT2D eigenvalue weighted by Gasteiger charge is -2.01. The summed E-state index contributed by atoms with van der Waals surface area (Å²) in [6.07, 6.45) is 6.81. The lowest BCUT2D eigenvalue weighted by molar-refractivity contribution is -0.115. The number of imidazole rings is 1. The number of carbonyl (C=O) groups is 1. The molecule has 6 nitrogen and oxygen atoms in total. The normalized spacial score (nSPS) is 10.7. The number of aromatic nitrogens is 3. The highest BCUT2D eigenvalue weighted by atomic mass is 32.1. The van der Waals surface area contributed by atoms with Crippen LogP contribution in [0.15, 0.2) is 41.0 Å². The second-order valence-corrected chi connectivity index (χ2v) is 4.85. The third-order valence-electron chi connectivity index (χ3n) is 2.58. The van der Waals surface area contributed by atoms with Crippen LogP contribution in [0.2, 0.25) is 0 Å². The zero-order valence-electron chi connectivity index (χ0n) is 9.79. The minimum atomic E-state index is -0.262. The number of nitrogens with one attached hydrogen (secondary N) is 2. The van der Waals surface area contributed by atoms with E-state index in [0.29, 0.717) is 5.69 Å². The van der Waals surface area contributed by atoms with E-state index in [2.05, 4.69) is 15.3 Å². The van der Waals surface area contributed by atoms with Crippen molar-refractivity contribution < 1.29 is 4.79 Å². The molecule has 3 heterocycles. The van der Waals surface area contributed by atoms with E-state index in [1.54, 1.807) is 6.20 Å². The lowest BCUT2D eigenvalue weighted by atomic mass is 10.3. The monoisotopic (exact) mass is 274 g/mol. The Bertz CT molecular complexity index is 757. The first-order valence-corrected chi connectivity index (χ1v) is 6.48. The van der Waals surface area contributed by atoms with Gasteiger partial charge in [-0.2, -0.15) is 0 Å². The first kappa shape index (κ1) is 11.7. The SMILES string of the molecule is O=C(Cc1cn2ccsc2n1)Nc1c[nH]ccc1=O. The van der Waals surface area contributed by atoms with Crippen LogP contribution in [0.1, 0.15) is 5.69 Å². The van der Waals surface area contributed by atoms with Crippen molar-refractivity contribution in [3.63, 3.8) is 0 Å². The fraction of sp³-hybridized carbons (Fsp3) is 0.0833. The second-order valence-electron chi connectivity index (χ2n) is 3.97. The summed E-state index contributed by atoms with van der Waals surface area (Å²) in [6.45, 7) is 0. The Kier molecular flexibility index (Phi) is 2.88. The highest BCUT2D eigenvalue weighted by Crippen LogP contribution is 2.12. The molecule has 0 spiro atoms. The van der Waals surface area contributed by atoms with Crippen LogP contribution in [0.3, 0.4) is 0 Å². The number of hydrogen-bond acceptors (Lipinski definition) is 4. The molecule has 7 heteroatoms. The van der Waals surface area contributed by atoms with Gasteiger partial charge in [0.2, 0.25) is 11.3 Å². The van der Waals surface area contributed by atoms with Crippen molar-refractivity contribution >= 4 is 27.9 Å². The largest absolute Gasteiger partial charge is 0.366 e. The van der Waals surface area contributed by atoms with Crippen molar-refractivity contribution in [2.24, 2.45) is 0 Å². The highest BCUT2D eigenvalue weighted by molar-refractivity contribution is 7.15. The predicted octanol–water partition coefficient (Wildman–Crippen LogP) is 1.27. The number of thiazole rings is 1. The Morgan fingerprint density at radius 2 is 2.42 bits per heavy atom. The summed E-state index contributed by atoms with van der Waals surface area (Å²) in [5, 5.41) is 4.49. The molecule has 0 bridgehead atoms. The van der Waals surface area contributed by atoms with E-state index < -0.39 is 0 Å². The van der Waals surface area contributed by atoms with Crippen molar-refractivity contribution in [1.82, 2.24) is 14.4 Å². The molecule has 3 aromatic heterocycles. The molecule has 19 heavy (non-hydrogen) atoms. The van der Waals surface area contributed by atoms with Gasteiger partial charge >= 0.3 is 0 Å². The maximum Gasteiger partial charge on any atom is 0.230 e. The van der Waals surface area contributed by atoms with E-state index in [-0.39, 0.29) is 23.4 Å². The molecule has 2 N–H and O–H groups in total. The molecule has 0 unspecified atom stereocenters. The first-order chi connectivity index (χ1) is 9.22. The van der Waals surface area contributed by atoms with Gasteiger partial charge < -0.3 is 10.3 Å². The van der Waals surface area contributed by atoms with Gasteiger partial charge in [-0.3, -0.25) is 14.0 Å². The van der Waals surface area contributed by atoms with E-state index in [0.717, 1.165) is 4.96 Å². The zero-order chi connectivity index (χ0) is 13.2. The number of pyridine rings is 1. The van der Waals surface area contributed by atoms with E-state index >= 15 is 0 Å². The molecular formula is C12H10N4O2S. The molecule has 0 aliphatic rings. The summed E-state index contributed by atoms with van der Waals surface area (Å²) in [5.74, 6) is -0.262. The Balaban J connectivity index is 1.73. The molecule has 0 saturated heterocycles. The maximum absolute atomic E-state index is 11.8. The summed E-state index contributed by atoms with van der Waals surface area (Å²) in [4.78, 5) is 31.2. The molecule has 0 radical (unpaired) electrons. The van der Waals surface area contributed by atoms with E-state index in [9.17, 15) is 9.59 Å². The summed E-state index contributed by atoms with van der Waals surface area (Å²) < 4.78 is 1.86. The molecular weight excluding hydrogens is 264 g/mol. The van der Waals surface area contributed by atoms with E-state index in [1.165, 1.54) is 29.8 Å². The van der Waals surface area contributed by atoms with Crippen LogP contribution < -0.4 is 10.7 Å². The zero-order valence-corrected chi connectivity index (χ0v) is 10.6. The van der Waals surface area contributed by atoms with Crippen LogP contribution in [0.25, 0.3) is 4.96 Å². The molecule has 0 saturated carbocycles. The number of H-pyrrole nitrogens is 1. The van der Waals surface area contributed by atoms with Gasteiger partial charge in [0.15, 0.2) is 4.96 Å². The van der Waals surface area contributed by atoms with Crippen LogP contribution in [0, 0.1) is 0 Å². The van der Waals surface area contributed by atoms with Gasteiger partial charge in [-0.05, 0) is 0 Å². The van der Waals surface area contributed by atoms with Crippen molar-refractivity contribution in [1.29, 1.82) is 0 Å². The average molecular weight is 274 g/mol. The number of carbonyl (C=O) groups excluding carboxylic acids is 1. The number of hydrogen-bond donors (Lipinski definition) is 2. The first-order valence-electron chi connectivity index (χ1n) is 5.60. The Morgan fingerprint density at radius 3 is 3.21 bits per heavy atom. The quantitative estimate of drug-likeness (QED) is 0.754. The van der Waals surface area contributed by atoms with Gasteiger partial charge in [0, 0.05) is 36.2 Å². The lowest BCUT2D eigenvalue weighted by Crippen LogP contribution is -2.19. The standard InChI is InChI=1S/C12H10N4O2S/c17-10-1-2-13-6-9(10)15-11(18)5-8-7-16-3-4-19-12(16)14-8/h1-4,6-7H,5H2,(H,13,17)(H,15,18). The maximum atomic E-state index is 11.8. The van der Waals surface area contributed by atoms with Crippen LogP contribution in [-0.4, -0.2) is 20.3 Å². The number of anilines is 1. The third kappa shape index (κ3) is 2.41. The van der Waals surface area contributed by atoms with Gasteiger partial charge in [-0.15, -0.1) is 11.3 Å². The highest BCUT2D eigenvalue weighted by Gasteiger charge is 2.09. The number of fused-ring (bicyclic) bond motifs is 1. The molecule has 1 amide bonds. The summed E-state index contributed by atoms with van der Waals surface area (Å²) in [5.41, 5.74) is 0.697. The predicted molar refractivity (Wildman–Crippen MR) is 72.5 cm³/mol. The summed E-state index contributed by atoms with van der Waals surface area (Å²) in [7, 11) is 0. The molecule has 0 aliphatic carbocycles. The van der Waals surface area contributed by atoms with Crippen LogP contribution >= 0.6 is 11.3 Å². The number of aromatic amines is 1. The number of amides is 1. The van der Waals surface area contributed by atoms with Crippen LogP contribution in [0.5, 0.6) is 0 Å². The molecule has 0 atom stereocenters. The molecule has 3 aromatic rings. The minimum absolute atomic E-state index is 0.142. The smallest absolute Gasteiger partial charge is 0.230 e. The van der Waals surface area contributed by atoms with Gasteiger partial charge in [0.1, 0.15) is 5.69 Å². The summed E-state index contributed by atoms with van der Waals surface area (Å²) in [6, 6.07) is 1.36. The van der Waals surface area contributed by atoms with E-state index in [4.69, 9.17) is 0 Å². The van der Waals surface area contributed by atoms with Crippen LogP contribution in [0.4, 0.5) is 5.69 Å². The Morgan fingerprint density at radius 1 is 1.53 bits per heavy atom. The summed E-state index contributed by atoms with van der Waals surface area (Å²) >= 11 is 1.51. The fourth-order valence-electron chi connectivity index (χ4n) is 1.73. The van der Waals surface area contributed by atoms with Crippen molar-refractivity contribution in [2.75, 3.05) is 5.32 Å². The topological polar surface area (TPSA) is 79.3 Å². The molecule has 3 rings (SSSR count). The van der Waals surface area contributed by atoms with Gasteiger partial charge in [0.25, 0.3) is 0 Å². The van der Waals surface area contributed by atoms with Gasteiger partial charge in [-0.1, -0.05) is 0 Å². The molecule has 0 aromatic carbocycles. The van der Waals surface area contributed by atoms with Crippen molar-refractivity contribution in [2.45, 2.75) is 6.42 Å². The van der Waals surface area contributed by atoms with Crippen molar-refractivity contribution in [3.8, 4) is 0 Å². The molecule has 96 valence electrons. The Labute approximate surface area is 111 Å². The van der Waals surface area contributed by atoms with E-state index in [1.807, 2.05) is 16.0 Å².